The number of nitrogens with zero attached hydrogens (tertiary/aromatic N) is 1. The molecule has 0 unspecified atom stereocenters. The van der Waals surface area contributed by atoms with E-state index in [0.717, 1.165) is 19.1 Å². The van der Waals surface area contributed by atoms with Gasteiger partial charge in [-0.25, -0.2) is 8.42 Å². The first-order chi connectivity index (χ1) is 12.1. The van der Waals surface area contributed by atoms with Gasteiger partial charge in [-0.05, 0) is 43.0 Å². The van der Waals surface area contributed by atoms with Crippen molar-refractivity contribution in [3.05, 3.63) is 29.8 Å². The van der Waals surface area contributed by atoms with Crippen LogP contribution in [0.5, 0.6) is 0 Å². The van der Waals surface area contributed by atoms with Crippen LogP contribution in [0.15, 0.2) is 24.3 Å². The molecule has 1 aliphatic heterocycles. The predicted molar refractivity (Wildman–Crippen MR) is 101 cm³/mol. The molecule has 1 aliphatic rings. The van der Waals surface area contributed by atoms with Gasteiger partial charge in [-0.3, -0.25) is 14.3 Å². The normalized spacial score (nSPS) is 15.8. The standard InChI is InChI=1S/C18H27N3O4S/c1-13(2)12-17(22)19-15-8-10-21(11-9-15)18(23)14-4-6-16(7-5-14)20-26(3,24)25/h4-7,13,15,20H,8-12H2,1-3H3,(H,19,22). The van der Waals surface area contributed by atoms with Crippen LogP contribution in [0.4, 0.5) is 5.69 Å². The smallest absolute Gasteiger partial charge is 0.253 e. The molecule has 0 spiro atoms. The number of rotatable bonds is 6. The highest BCUT2D eigenvalue weighted by atomic mass is 32.2. The van der Waals surface area contributed by atoms with Crippen LogP contribution < -0.4 is 10.0 Å². The molecule has 26 heavy (non-hydrogen) atoms. The van der Waals surface area contributed by atoms with Gasteiger partial charge >= 0.3 is 0 Å². The first-order valence-electron chi connectivity index (χ1n) is 8.80. The molecule has 1 aromatic rings. The van der Waals surface area contributed by atoms with E-state index in [-0.39, 0.29) is 17.9 Å². The molecule has 1 aromatic carbocycles. The number of piperidine rings is 1. The zero-order chi connectivity index (χ0) is 19.3. The third-order valence-electron chi connectivity index (χ3n) is 4.18. The summed E-state index contributed by atoms with van der Waals surface area (Å²) in [6.45, 7) is 5.21. The second-order valence-corrected chi connectivity index (χ2v) is 8.93. The van der Waals surface area contributed by atoms with Gasteiger partial charge in [0.15, 0.2) is 0 Å². The zero-order valence-electron chi connectivity index (χ0n) is 15.5. The molecule has 2 N–H and O–H groups in total. The van der Waals surface area contributed by atoms with Crippen LogP contribution >= 0.6 is 0 Å². The molecule has 0 saturated carbocycles. The van der Waals surface area contributed by atoms with Gasteiger partial charge in [-0.2, -0.15) is 0 Å². The van der Waals surface area contributed by atoms with Crippen molar-refractivity contribution < 1.29 is 18.0 Å². The summed E-state index contributed by atoms with van der Waals surface area (Å²) in [5.74, 6) is 0.318. The summed E-state index contributed by atoms with van der Waals surface area (Å²) in [6, 6.07) is 6.51. The SMILES string of the molecule is CC(C)CC(=O)NC1CCN(C(=O)c2ccc(NS(C)(=O)=O)cc2)CC1. The largest absolute Gasteiger partial charge is 0.353 e. The maximum atomic E-state index is 12.6. The average molecular weight is 381 g/mol. The third-order valence-corrected chi connectivity index (χ3v) is 4.78. The Morgan fingerprint density at radius 2 is 1.73 bits per heavy atom. The Bertz CT molecular complexity index is 736. The van der Waals surface area contributed by atoms with Crippen molar-refractivity contribution in [2.75, 3.05) is 24.1 Å². The van der Waals surface area contributed by atoms with Gasteiger partial charge in [0.1, 0.15) is 0 Å². The highest BCUT2D eigenvalue weighted by Crippen LogP contribution is 2.17. The lowest BCUT2D eigenvalue weighted by molar-refractivity contribution is -0.122. The van der Waals surface area contributed by atoms with Crippen molar-refractivity contribution in [2.45, 2.75) is 39.2 Å². The molecule has 8 heteroatoms. The fourth-order valence-corrected chi connectivity index (χ4v) is 3.53. The van der Waals surface area contributed by atoms with E-state index in [2.05, 4.69) is 10.0 Å². The molecule has 1 saturated heterocycles. The molecule has 1 heterocycles. The maximum Gasteiger partial charge on any atom is 0.253 e. The zero-order valence-corrected chi connectivity index (χ0v) is 16.3. The minimum atomic E-state index is -3.33. The first-order valence-corrected chi connectivity index (χ1v) is 10.7. The molecule has 2 amide bonds. The Labute approximate surface area is 155 Å². The van der Waals surface area contributed by atoms with E-state index in [1.54, 1.807) is 29.2 Å². The van der Waals surface area contributed by atoms with Crippen molar-refractivity contribution in [3.8, 4) is 0 Å². The number of anilines is 1. The molecule has 0 atom stereocenters. The number of nitrogens with one attached hydrogen (secondary N) is 2. The summed E-state index contributed by atoms with van der Waals surface area (Å²) in [7, 11) is -3.33. The molecule has 0 radical (unpaired) electrons. The lowest BCUT2D eigenvalue weighted by Crippen LogP contribution is -2.46. The number of carbonyl (C=O) groups excluding carboxylic acids is 2. The molecule has 2 rings (SSSR count). The first kappa shape index (κ1) is 20.2. The average Bonchev–Trinajstić information content (AvgIpc) is 2.53. The van der Waals surface area contributed by atoms with Gasteiger partial charge in [0.25, 0.3) is 5.91 Å². The lowest BCUT2D eigenvalue weighted by atomic mass is 10.0. The Hall–Kier alpha value is -2.09. The number of carbonyl (C=O) groups is 2. The van der Waals surface area contributed by atoms with E-state index in [4.69, 9.17) is 0 Å². The second kappa shape index (κ2) is 8.53. The fraction of sp³-hybridized carbons (Fsp3) is 0.556. The van der Waals surface area contributed by atoms with E-state index in [9.17, 15) is 18.0 Å². The van der Waals surface area contributed by atoms with Crippen molar-refractivity contribution in [1.29, 1.82) is 0 Å². The fourth-order valence-electron chi connectivity index (χ4n) is 2.96. The third kappa shape index (κ3) is 6.33. The molecular formula is C18H27N3O4S. The molecule has 0 aliphatic carbocycles. The van der Waals surface area contributed by atoms with Crippen LogP contribution in [0, 0.1) is 5.92 Å². The van der Waals surface area contributed by atoms with Crippen LogP contribution in [-0.2, 0) is 14.8 Å². The van der Waals surface area contributed by atoms with Crippen molar-refractivity contribution in [2.24, 2.45) is 5.92 Å². The van der Waals surface area contributed by atoms with Gasteiger partial charge in [0.2, 0.25) is 15.9 Å². The number of amides is 2. The summed E-state index contributed by atoms with van der Waals surface area (Å²) >= 11 is 0. The van der Waals surface area contributed by atoms with E-state index < -0.39 is 10.0 Å². The van der Waals surface area contributed by atoms with Gasteiger partial charge in [-0.15, -0.1) is 0 Å². The van der Waals surface area contributed by atoms with E-state index in [0.29, 0.717) is 36.7 Å². The summed E-state index contributed by atoms with van der Waals surface area (Å²) in [5.41, 5.74) is 0.946. The Kier molecular flexibility index (Phi) is 6.63. The predicted octanol–water partition coefficient (Wildman–Crippen LogP) is 1.82. The van der Waals surface area contributed by atoms with E-state index in [1.165, 1.54) is 0 Å². The number of benzene rings is 1. The summed E-state index contributed by atoms with van der Waals surface area (Å²) < 4.78 is 24.8. The molecular weight excluding hydrogens is 354 g/mol. The minimum absolute atomic E-state index is 0.0683. The lowest BCUT2D eigenvalue weighted by Gasteiger charge is -2.32. The number of hydrogen-bond acceptors (Lipinski definition) is 4. The van der Waals surface area contributed by atoms with Crippen molar-refractivity contribution >= 4 is 27.5 Å². The summed E-state index contributed by atoms with van der Waals surface area (Å²) in [4.78, 5) is 26.2. The monoisotopic (exact) mass is 381 g/mol. The Morgan fingerprint density at radius 3 is 2.23 bits per heavy atom. The Morgan fingerprint density at radius 1 is 1.15 bits per heavy atom. The van der Waals surface area contributed by atoms with Gasteiger partial charge in [0, 0.05) is 36.8 Å². The topological polar surface area (TPSA) is 95.6 Å². The molecule has 1 fully saturated rings. The second-order valence-electron chi connectivity index (χ2n) is 7.18. The van der Waals surface area contributed by atoms with Crippen LogP contribution in [0.25, 0.3) is 0 Å². The quantitative estimate of drug-likeness (QED) is 0.786. The summed E-state index contributed by atoms with van der Waals surface area (Å²) in [6.07, 6.45) is 3.08. The Balaban J connectivity index is 1.87. The summed E-state index contributed by atoms with van der Waals surface area (Å²) in [5, 5.41) is 3.04. The van der Waals surface area contributed by atoms with Crippen LogP contribution in [-0.4, -0.2) is 50.5 Å². The number of sulfonamides is 1. The molecule has 7 nitrogen and oxygen atoms in total. The van der Waals surface area contributed by atoms with Gasteiger partial charge in [-0.1, -0.05) is 13.8 Å². The molecule has 144 valence electrons. The molecule has 0 bridgehead atoms. The highest BCUT2D eigenvalue weighted by molar-refractivity contribution is 7.92. The van der Waals surface area contributed by atoms with Crippen LogP contribution in [0.2, 0.25) is 0 Å². The maximum absolute atomic E-state index is 12.6. The van der Waals surface area contributed by atoms with Gasteiger partial charge in [0.05, 0.1) is 6.26 Å². The van der Waals surface area contributed by atoms with E-state index in [1.807, 2.05) is 13.8 Å². The highest BCUT2D eigenvalue weighted by Gasteiger charge is 2.24. The van der Waals surface area contributed by atoms with E-state index >= 15 is 0 Å². The minimum Gasteiger partial charge on any atom is -0.353 e. The van der Waals surface area contributed by atoms with Gasteiger partial charge < -0.3 is 10.2 Å². The number of hydrogen-bond donors (Lipinski definition) is 2. The van der Waals surface area contributed by atoms with Crippen molar-refractivity contribution in [1.82, 2.24) is 10.2 Å². The van der Waals surface area contributed by atoms with Crippen molar-refractivity contribution in [3.63, 3.8) is 0 Å². The van der Waals surface area contributed by atoms with Crippen LogP contribution in [0.1, 0.15) is 43.5 Å². The molecule has 0 aromatic heterocycles. The number of likely N-dealkylation sites (tertiary alicyclic amines) is 1. The van der Waals surface area contributed by atoms with Crippen LogP contribution in [0.3, 0.4) is 0 Å².